The van der Waals surface area contributed by atoms with Crippen LogP contribution in [-0.4, -0.2) is 42.3 Å². The summed E-state index contributed by atoms with van der Waals surface area (Å²) in [4.78, 5) is 1.69. The predicted molar refractivity (Wildman–Crippen MR) is 65.5 cm³/mol. The first-order chi connectivity index (χ1) is 8.40. The second kappa shape index (κ2) is 5.00. The molecule has 1 N–H and O–H groups in total. The number of hydrogen-bond acceptors (Lipinski definition) is 2. The molecule has 2 nitrogen and oxygen atoms in total. The van der Waals surface area contributed by atoms with Crippen LogP contribution in [0.1, 0.15) is 39.5 Å². The molecule has 1 unspecified atom stereocenters. The van der Waals surface area contributed by atoms with Gasteiger partial charge in [-0.15, -0.1) is 0 Å². The average Bonchev–Trinajstić information content (AvgIpc) is 3.11. The zero-order valence-corrected chi connectivity index (χ0v) is 11.2. The fourth-order valence-electron chi connectivity index (χ4n) is 3.14. The molecule has 2 rings (SSSR count). The van der Waals surface area contributed by atoms with Gasteiger partial charge in [-0.25, -0.2) is 0 Å². The molecular formula is C13H23F3N2. The first-order valence-corrected chi connectivity index (χ1v) is 6.95. The molecule has 5 heteroatoms. The Kier molecular flexibility index (Phi) is 3.93. The number of hydrogen-bond donors (Lipinski definition) is 1. The molecule has 1 aliphatic heterocycles. The van der Waals surface area contributed by atoms with Gasteiger partial charge in [0.2, 0.25) is 0 Å². The number of piperazine rings is 1. The number of nitrogens with zero attached hydrogens (tertiary/aromatic N) is 1. The van der Waals surface area contributed by atoms with E-state index in [9.17, 15) is 13.2 Å². The third-order valence-electron chi connectivity index (χ3n) is 4.66. The Labute approximate surface area is 107 Å². The third-order valence-corrected chi connectivity index (χ3v) is 4.66. The fraction of sp³-hybridized carbons (Fsp3) is 1.00. The Bertz CT molecular complexity index is 282. The van der Waals surface area contributed by atoms with E-state index in [1.807, 2.05) is 13.8 Å². The highest BCUT2D eigenvalue weighted by Gasteiger charge is 2.46. The van der Waals surface area contributed by atoms with E-state index in [2.05, 4.69) is 5.32 Å². The lowest BCUT2D eigenvalue weighted by Gasteiger charge is -2.50. The molecule has 1 aliphatic carbocycles. The van der Waals surface area contributed by atoms with Gasteiger partial charge in [0.15, 0.2) is 0 Å². The molecule has 1 saturated carbocycles. The van der Waals surface area contributed by atoms with Crippen molar-refractivity contribution in [3.63, 3.8) is 0 Å². The maximum atomic E-state index is 12.7. The number of halogens is 3. The highest BCUT2D eigenvalue weighted by atomic mass is 19.4. The summed E-state index contributed by atoms with van der Waals surface area (Å²) in [6.45, 7) is 4.46. The van der Waals surface area contributed by atoms with Crippen LogP contribution in [0.2, 0.25) is 0 Å². The molecular weight excluding hydrogens is 241 g/mol. The van der Waals surface area contributed by atoms with Crippen molar-refractivity contribution < 1.29 is 13.2 Å². The number of rotatable bonds is 4. The molecule has 1 atom stereocenters. The van der Waals surface area contributed by atoms with Gasteiger partial charge >= 0.3 is 6.18 Å². The second-order valence-electron chi connectivity index (χ2n) is 5.75. The van der Waals surface area contributed by atoms with E-state index in [0.29, 0.717) is 19.0 Å². The van der Waals surface area contributed by atoms with Gasteiger partial charge < -0.3 is 5.32 Å². The molecule has 1 saturated heterocycles. The van der Waals surface area contributed by atoms with Gasteiger partial charge in [0.05, 0.1) is 6.54 Å². The molecule has 0 aromatic heterocycles. The van der Waals surface area contributed by atoms with Crippen LogP contribution >= 0.6 is 0 Å². The minimum absolute atomic E-state index is 0.263. The summed E-state index contributed by atoms with van der Waals surface area (Å²) < 4.78 is 38.2. The molecule has 0 spiro atoms. The van der Waals surface area contributed by atoms with Crippen molar-refractivity contribution in [2.45, 2.75) is 57.3 Å². The van der Waals surface area contributed by atoms with E-state index in [1.165, 1.54) is 12.8 Å². The summed E-state index contributed by atoms with van der Waals surface area (Å²) in [6, 6.07) is 0.263. The normalized spacial score (nSPS) is 29.5. The Morgan fingerprint density at radius 2 is 1.83 bits per heavy atom. The van der Waals surface area contributed by atoms with Crippen LogP contribution in [0, 0.1) is 5.92 Å². The van der Waals surface area contributed by atoms with Crippen molar-refractivity contribution in [3.05, 3.63) is 0 Å². The van der Waals surface area contributed by atoms with Crippen LogP contribution in [0.3, 0.4) is 0 Å². The minimum atomic E-state index is -4.10. The minimum Gasteiger partial charge on any atom is -0.311 e. The van der Waals surface area contributed by atoms with Gasteiger partial charge in [0.1, 0.15) is 0 Å². The topological polar surface area (TPSA) is 15.3 Å². The molecule has 18 heavy (non-hydrogen) atoms. The number of nitrogens with one attached hydrogen (secondary N) is 1. The lowest BCUT2D eigenvalue weighted by molar-refractivity contribution is -0.166. The Morgan fingerprint density at radius 1 is 1.22 bits per heavy atom. The van der Waals surface area contributed by atoms with Crippen molar-refractivity contribution in [2.24, 2.45) is 5.92 Å². The van der Waals surface area contributed by atoms with Crippen molar-refractivity contribution in [3.8, 4) is 0 Å². The quantitative estimate of drug-likeness (QED) is 0.840. The number of alkyl halides is 3. The lowest BCUT2D eigenvalue weighted by atomic mass is 9.86. The lowest BCUT2D eigenvalue weighted by Crippen LogP contribution is -2.66. The SMILES string of the molecule is CCC1(CC)CNC(C2CC2)CN1CC(F)(F)F. The van der Waals surface area contributed by atoms with Crippen LogP contribution in [0.5, 0.6) is 0 Å². The van der Waals surface area contributed by atoms with Crippen LogP contribution in [0.15, 0.2) is 0 Å². The van der Waals surface area contributed by atoms with Gasteiger partial charge in [0, 0.05) is 24.7 Å². The maximum Gasteiger partial charge on any atom is 0.401 e. The van der Waals surface area contributed by atoms with E-state index in [-0.39, 0.29) is 11.6 Å². The standard InChI is InChI=1S/C13H23F3N2/c1-3-12(4-2)8-17-11(10-5-6-10)7-18(12)9-13(14,15)16/h10-11,17H,3-9H2,1-2H3. The molecule has 2 fully saturated rings. The monoisotopic (exact) mass is 264 g/mol. The summed E-state index contributed by atoms with van der Waals surface area (Å²) in [5.41, 5.74) is -0.319. The van der Waals surface area contributed by atoms with E-state index in [1.54, 1.807) is 4.90 Å². The van der Waals surface area contributed by atoms with Crippen molar-refractivity contribution in [1.29, 1.82) is 0 Å². The first-order valence-electron chi connectivity index (χ1n) is 6.95. The van der Waals surface area contributed by atoms with E-state index in [4.69, 9.17) is 0 Å². The zero-order chi connectivity index (χ0) is 13.4. The largest absolute Gasteiger partial charge is 0.401 e. The first kappa shape index (κ1) is 14.1. The van der Waals surface area contributed by atoms with Crippen LogP contribution in [0.25, 0.3) is 0 Å². The second-order valence-corrected chi connectivity index (χ2v) is 5.75. The summed E-state index contributed by atoms with van der Waals surface area (Å²) in [6.07, 6.45) is -0.222. The molecule has 0 radical (unpaired) electrons. The molecule has 2 aliphatic rings. The van der Waals surface area contributed by atoms with Gasteiger partial charge in [-0.05, 0) is 31.6 Å². The van der Waals surface area contributed by atoms with E-state index < -0.39 is 12.7 Å². The predicted octanol–water partition coefficient (Wildman–Crippen LogP) is 2.79. The van der Waals surface area contributed by atoms with Crippen molar-refractivity contribution >= 4 is 0 Å². The summed E-state index contributed by atoms with van der Waals surface area (Å²) >= 11 is 0. The highest BCUT2D eigenvalue weighted by Crippen LogP contribution is 2.38. The summed E-state index contributed by atoms with van der Waals surface area (Å²) in [7, 11) is 0. The highest BCUT2D eigenvalue weighted by molar-refractivity contribution is 5.01. The molecule has 1 heterocycles. The Balaban J connectivity index is 2.09. The smallest absolute Gasteiger partial charge is 0.311 e. The summed E-state index contributed by atoms with van der Waals surface area (Å²) in [5.74, 6) is 0.604. The molecule has 0 bridgehead atoms. The van der Waals surface area contributed by atoms with Gasteiger partial charge in [-0.3, -0.25) is 4.90 Å². The molecule has 0 aromatic carbocycles. The van der Waals surface area contributed by atoms with E-state index in [0.717, 1.165) is 12.8 Å². The zero-order valence-electron chi connectivity index (χ0n) is 11.2. The summed E-state index contributed by atoms with van der Waals surface area (Å²) in [5, 5.41) is 3.48. The van der Waals surface area contributed by atoms with Crippen LogP contribution < -0.4 is 5.32 Å². The van der Waals surface area contributed by atoms with Crippen molar-refractivity contribution in [2.75, 3.05) is 19.6 Å². The average molecular weight is 264 g/mol. The maximum absolute atomic E-state index is 12.7. The van der Waals surface area contributed by atoms with Crippen LogP contribution in [0.4, 0.5) is 13.2 Å². The third kappa shape index (κ3) is 2.99. The molecule has 0 amide bonds. The Morgan fingerprint density at radius 3 is 2.28 bits per heavy atom. The molecule has 106 valence electrons. The fourth-order valence-corrected chi connectivity index (χ4v) is 3.14. The van der Waals surface area contributed by atoms with Crippen LogP contribution in [-0.2, 0) is 0 Å². The van der Waals surface area contributed by atoms with Gasteiger partial charge in [0.25, 0.3) is 0 Å². The van der Waals surface area contributed by atoms with Gasteiger partial charge in [-0.2, -0.15) is 13.2 Å². The Hall–Kier alpha value is -0.290. The van der Waals surface area contributed by atoms with E-state index >= 15 is 0 Å². The molecule has 0 aromatic rings. The van der Waals surface area contributed by atoms with Gasteiger partial charge in [-0.1, -0.05) is 13.8 Å². The van der Waals surface area contributed by atoms with Crippen molar-refractivity contribution in [1.82, 2.24) is 10.2 Å².